The summed E-state index contributed by atoms with van der Waals surface area (Å²) < 4.78 is 0. The van der Waals surface area contributed by atoms with E-state index in [2.05, 4.69) is 4.98 Å². The zero-order valence-corrected chi connectivity index (χ0v) is 10.6. The number of nitrogens with two attached hydrogens (primary N) is 1. The molecule has 1 aliphatic heterocycles. The van der Waals surface area contributed by atoms with Gasteiger partial charge in [-0.15, -0.1) is 0 Å². The lowest BCUT2D eigenvalue weighted by molar-refractivity contribution is -0.137. The summed E-state index contributed by atoms with van der Waals surface area (Å²) in [5, 5.41) is 0. The molecule has 1 aliphatic rings. The fourth-order valence-corrected chi connectivity index (χ4v) is 2.43. The Balaban J connectivity index is 2.01. The van der Waals surface area contributed by atoms with Gasteiger partial charge in [0.25, 0.3) is 0 Å². The van der Waals surface area contributed by atoms with Crippen molar-refractivity contribution in [1.82, 2.24) is 9.88 Å². The summed E-state index contributed by atoms with van der Waals surface area (Å²) in [4.78, 5) is 28.2. The molecular formula is C13H19N3O2. The highest BCUT2D eigenvalue weighted by Crippen LogP contribution is 2.22. The Bertz CT molecular complexity index is 427. The monoisotopic (exact) mass is 249 g/mol. The standard InChI is InChI=1S/C13H19N3O2/c1-9-4-5-10(13(14)18)8-16(9)12(17)7-11-3-2-6-15-11/h2-3,6,9-10,15H,4-5,7-8H2,1H3,(H2,14,18)/t9-,10-/m0/s1. The van der Waals surface area contributed by atoms with Crippen LogP contribution in [0.1, 0.15) is 25.5 Å². The zero-order chi connectivity index (χ0) is 13.1. The van der Waals surface area contributed by atoms with E-state index < -0.39 is 0 Å². The first kappa shape index (κ1) is 12.7. The summed E-state index contributed by atoms with van der Waals surface area (Å²) in [6.45, 7) is 2.47. The Morgan fingerprint density at radius 3 is 2.89 bits per heavy atom. The number of aromatic amines is 1. The summed E-state index contributed by atoms with van der Waals surface area (Å²) in [7, 11) is 0. The summed E-state index contributed by atoms with van der Waals surface area (Å²) in [5.41, 5.74) is 6.22. The van der Waals surface area contributed by atoms with Gasteiger partial charge < -0.3 is 15.6 Å². The third-order valence-corrected chi connectivity index (χ3v) is 3.61. The highest BCUT2D eigenvalue weighted by Gasteiger charge is 2.31. The van der Waals surface area contributed by atoms with Crippen LogP contribution in [0.15, 0.2) is 18.3 Å². The Morgan fingerprint density at radius 1 is 1.50 bits per heavy atom. The molecule has 1 aromatic heterocycles. The number of likely N-dealkylation sites (tertiary alicyclic amines) is 1. The molecule has 0 aromatic carbocycles. The van der Waals surface area contributed by atoms with Crippen molar-refractivity contribution in [2.75, 3.05) is 6.54 Å². The number of hydrogen-bond acceptors (Lipinski definition) is 2. The lowest BCUT2D eigenvalue weighted by Crippen LogP contribution is -2.49. The van der Waals surface area contributed by atoms with E-state index in [1.807, 2.05) is 19.1 Å². The van der Waals surface area contributed by atoms with Gasteiger partial charge in [-0.3, -0.25) is 9.59 Å². The molecule has 2 rings (SSSR count). The van der Waals surface area contributed by atoms with Gasteiger partial charge >= 0.3 is 0 Å². The predicted molar refractivity (Wildman–Crippen MR) is 67.6 cm³/mol. The van der Waals surface area contributed by atoms with Crippen LogP contribution < -0.4 is 5.73 Å². The molecule has 1 saturated heterocycles. The second kappa shape index (κ2) is 5.25. The number of H-pyrrole nitrogens is 1. The van der Waals surface area contributed by atoms with Crippen molar-refractivity contribution < 1.29 is 9.59 Å². The van der Waals surface area contributed by atoms with Gasteiger partial charge in [-0.1, -0.05) is 0 Å². The summed E-state index contributed by atoms with van der Waals surface area (Å²) in [6, 6.07) is 3.94. The van der Waals surface area contributed by atoms with E-state index in [1.54, 1.807) is 11.1 Å². The normalized spacial score (nSPS) is 23.9. The number of carbonyl (C=O) groups excluding carboxylic acids is 2. The third-order valence-electron chi connectivity index (χ3n) is 3.61. The van der Waals surface area contributed by atoms with Gasteiger partial charge in [0.2, 0.25) is 11.8 Å². The lowest BCUT2D eigenvalue weighted by atomic mass is 9.92. The maximum Gasteiger partial charge on any atom is 0.228 e. The van der Waals surface area contributed by atoms with Crippen molar-refractivity contribution in [3.05, 3.63) is 24.0 Å². The van der Waals surface area contributed by atoms with Crippen molar-refractivity contribution >= 4 is 11.8 Å². The lowest BCUT2D eigenvalue weighted by Gasteiger charge is -2.36. The number of hydrogen-bond donors (Lipinski definition) is 2. The summed E-state index contributed by atoms with van der Waals surface area (Å²) >= 11 is 0. The van der Waals surface area contributed by atoms with E-state index >= 15 is 0 Å². The largest absolute Gasteiger partial charge is 0.369 e. The second-order valence-electron chi connectivity index (χ2n) is 4.94. The first-order chi connectivity index (χ1) is 8.58. The molecule has 2 amide bonds. The fraction of sp³-hybridized carbons (Fsp3) is 0.538. The Hall–Kier alpha value is -1.78. The second-order valence-corrected chi connectivity index (χ2v) is 4.94. The highest BCUT2D eigenvalue weighted by molar-refractivity contribution is 5.81. The minimum Gasteiger partial charge on any atom is -0.369 e. The smallest absolute Gasteiger partial charge is 0.228 e. The first-order valence-electron chi connectivity index (χ1n) is 6.29. The predicted octanol–water partition coefficient (Wildman–Crippen LogP) is 0.670. The SMILES string of the molecule is C[C@H]1CC[C@H](C(N)=O)CN1C(=O)Cc1ccc[nH]1. The Morgan fingerprint density at radius 2 is 2.28 bits per heavy atom. The van der Waals surface area contributed by atoms with Crippen molar-refractivity contribution in [3.63, 3.8) is 0 Å². The molecule has 3 N–H and O–H groups in total. The molecule has 98 valence electrons. The molecule has 0 radical (unpaired) electrons. The van der Waals surface area contributed by atoms with Crippen LogP contribution in [0.4, 0.5) is 0 Å². The van der Waals surface area contributed by atoms with Crippen molar-refractivity contribution in [3.8, 4) is 0 Å². The average Bonchev–Trinajstić information content (AvgIpc) is 2.81. The number of aromatic nitrogens is 1. The van der Waals surface area contributed by atoms with E-state index in [4.69, 9.17) is 5.73 Å². The van der Waals surface area contributed by atoms with E-state index in [0.29, 0.717) is 13.0 Å². The van der Waals surface area contributed by atoms with Gasteiger partial charge in [0.15, 0.2) is 0 Å². The maximum atomic E-state index is 12.2. The molecule has 18 heavy (non-hydrogen) atoms. The van der Waals surface area contributed by atoms with Crippen LogP contribution in [0, 0.1) is 5.92 Å². The molecule has 0 saturated carbocycles. The number of piperidine rings is 1. The molecule has 1 aromatic rings. The molecule has 0 bridgehead atoms. The molecule has 5 nitrogen and oxygen atoms in total. The van der Waals surface area contributed by atoms with E-state index in [9.17, 15) is 9.59 Å². The molecule has 0 unspecified atom stereocenters. The van der Waals surface area contributed by atoms with Gasteiger partial charge in [0.05, 0.1) is 12.3 Å². The number of nitrogens with zero attached hydrogens (tertiary/aromatic N) is 1. The quantitative estimate of drug-likeness (QED) is 0.825. The Labute approximate surface area is 106 Å². The summed E-state index contributed by atoms with van der Waals surface area (Å²) in [5.74, 6) is -0.454. The topological polar surface area (TPSA) is 79.2 Å². The molecular weight excluding hydrogens is 230 g/mol. The molecule has 0 aliphatic carbocycles. The molecule has 0 spiro atoms. The fourth-order valence-electron chi connectivity index (χ4n) is 2.43. The number of carbonyl (C=O) groups is 2. The van der Waals surface area contributed by atoms with Crippen molar-refractivity contribution in [1.29, 1.82) is 0 Å². The number of rotatable bonds is 3. The van der Waals surface area contributed by atoms with Crippen LogP contribution in [-0.4, -0.2) is 34.3 Å². The number of nitrogens with one attached hydrogen (secondary N) is 1. The van der Waals surface area contributed by atoms with Gasteiger partial charge in [0.1, 0.15) is 0 Å². The van der Waals surface area contributed by atoms with Crippen LogP contribution in [0.25, 0.3) is 0 Å². The number of amides is 2. The average molecular weight is 249 g/mol. The van der Waals surface area contributed by atoms with E-state index in [0.717, 1.165) is 18.5 Å². The number of primary amides is 1. The Kier molecular flexibility index (Phi) is 3.69. The van der Waals surface area contributed by atoms with E-state index in [-0.39, 0.29) is 23.8 Å². The minimum absolute atomic E-state index is 0.0518. The van der Waals surface area contributed by atoms with Crippen LogP contribution >= 0.6 is 0 Å². The van der Waals surface area contributed by atoms with Gasteiger partial charge in [0, 0.05) is 24.5 Å². The molecule has 5 heteroatoms. The van der Waals surface area contributed by atoms with Crippen molar-refractivity contribution in [2.45, 2.75) is 32.2 Å². The van der Waals surface area contributed by atoms with Crippen LogP contribution in [0.2, 0.25) is 0 Å². The zero-order valence-electron chi connectivity index (χ0n) is 10.6. The third kappa shape index (κ3) is 2.72. The van der Waals surface area contributed by atoms with Gasteiger partial charge in [-0.25, -0.2) is 0 Å². The minimum atomic E-state index is -0.306. The first-order valence-corrected chi connectivity index (χ1v) is 6.29. The van der Waals surface area contributed by atoms with Crippen molar-refractivity contribution in [2.24, 2.45) is 11.7 Å². The van der Waals surface area contributed by atoms with Crippen LogP contribution in [-0.2, 0) is 16.0 Å². The highest BCUT2D eigenvalue weighted by atomic mass is 16.2. The molecule has 2 atom stereocenters. The summed E-state index contributed by atoms with van der Waals surface area (Å²) in [6.07, 6.45) is 3.77. The maximum absolute atomic E-state index is 12.2. The van der Waals surface area contributed by atoms with Gasteiger partial charge in [-0.05, 0) is 31.9 Å². The van der Waals surface area contributed by atoms with E-state index in [1.165, 1.54) is 0 Å². The van der Waals surface area contributed by atoms with Crippen LogP contribution in [0.5, 0.6) is 0 Å². The van der Waals surface area contributed by atoms with Crippen LogP contribution in [0.3, 0.4) is 0 Å². The molecule has 2 heterocycles. The van der Waals surface area contributed by atoms with Gasteiger partial charge in [-0.2, -0.15) is 0 Å². The molecule has 1 fully saturated rings.